The van der Waals surface area contributed by atoms with Crippen LogP contribution in [0.3, 0.4) is 0 Å². The molecular weight excluding hydrogens is 252 g/mol. The number of hydrogen-bond acceptors (Lipinski definition) is 4. The molecule has 1 aromatic heterocycles. The fourth-order valence-electron chi connectivity index (χ4n) is 2.30. The molecule has 1 rings (SSSR count). The minimum atomic E-state index is 0.00579. The van der Waals surface area contributed by atoms with Crippen molar-refractivity contribution in [3.8, 4) is 0 Å². The summed E-state index contributed by atoms with van der Waals surface area (Å²) < 4.78 is 0. The molecule has 5 heteroatoms. The van der Waals surface area contributed by atoms with E-state index in [1.807, 2.05) is 7.05 Å². The molecule has 0 atom stereocenters. The third-order valence-corrected chi connectivity index (χ3v) is 3.52. The molecule has 0 bridgehead atoms. The first-order valence-electron chi connectivity index (χ1n) is 7.16. The van der Waals surface area contributed by atoms with Gasteiger partial charge in [0.05, 0.1) is 6.54 Å². The molecule has 0 fully saturated rings. The van der Waals surface area contributed by atoms with E-state index in [-0.39, 0.29) is 12.5 Å². The molecule has 0 spiro atoms. The van der Waals surface area contributed by atoms with Gasteiger partial charge in [-0.25, -0.2) is 9.97 Å². The molecule has 0 unspecified atom stereocenters. The number of carbonyl (C=O) groups excluding carboxylic acids is 1. The van der Waals surface area contributed by atoms with Crippen molar-refractivity contribution in [2.75, 3.05) is 25.0 Å². The molecule has 1 N–H and O–H groups in total. The summed E-state index contributed by atoms with van der Waals surface area (Å²) in [6.45, 7) is 9.77. The van der Waals surface area contributed by atoms with Crippen LogP contribution in [-0.4, -0.2) is 36.0 Å². The Labute approximate surface area is 121 Å². The average molecular weight is 278 g/mol. The van der Waals surface area contributed by atoms with Gasteiger partial charge in [-0.2, -0.15) is 0 Å². The second-order valence-electron chi connectivity index (χ2n) is 5.86. The molecule has 1 heterocycles. The Bertz CT molecular complexity index is 398. The number of likely N-dealkylation sites (N-methyl/N-ethyl adjacent to an activating group) is 1. The highest BCUT2D eigenvalue weighted by atomic mass is 16.2. The molecule has 1 aromatic rings. The van der Waals surface area contributed by atoms with Crippen LogP contribution in [0.1, 0.15) is 27.7 Å². The lowest BCUT2D eigenvalue weighted by Crippen LogP contribution is -2.40. The highest BCUT2D eigenvalue weighted by Crippen LogP contribution is 2.19. The van der Waals surface area contributed by atoms with Crippen molar-refractivity contribution in [3.63, 3.8) is 0 Å². The van der Waals surface area contributed by atoms with Crippen molar-refractivity contribution in [2.24, 2.45) is 17.8 Å². The van der Waals surface area contributed by atoms with Crippen LogP contribution in [0.4, 0.5) is 5.95 Å². The van der Waals surface area contributed by atoms with Crippen molar-refractivity contribution < 1.29 is 4.79 Å². The van der Waals surface area contributed by atoms with E-state index in [0.29, 0.717) is 23.7 Å². The van der Waals surface area contributed by atoms with Gasteiger partial charge in [-0.15, -0.1) is 0 Å². The van der Waals surface area contributed by atoms with Crippen LogP contribution in [0, 0.1) is 17.8 Å². The highest BCUT2D eigenvalue weighted by molar-refractivity contribution is 5.80. The van der Waals surface area contributed by atoms with E-state index in [2.05, 4.69) is 43.0 Å². The van der Waals surface area contributed by atoms with E-state index in [9.17, 15) is 4.79 Å². The average Bonchev–Trinajstić information content (AvgIpc) is 2.39. The van der Waals surface area contributed by atoms with Gasteiger partial charge < -0.3 is 10.2 Å². The Balaban J connectivity index is 2.44. The molecule has 0 aliphatic rings. The molecule has 1 amide bonds. The van der Waals surface area contributed by atoms with Gasteiger partial charge in [-0.05, 0) is 23.8 Å². The summed E-state index contributed by atoms with van der Waals surface area (Å²) >= 11 is 0. The van der Waals surface area contributed by atoms with Gasteiger partial charge in [0.25, 0.3) is 0 Å². The van der Waals surface area contributed by atoms with Crippen LogP contribution in [-0.2, 0) is 4.79 Å². The lowest BCUT2D eigenvalue weighted by Gasteiger charge is -2.25. The van der Waals surface area contributed by atoms with Crippen molar-refractivity contribution >= 4 is 11.9 Å². The van der Waals surface area contributed by atoms with Crippen LogP contribution in [0.15, 0.2) is 18.5 Å². The van der Waals surface area contributed by atoms with Gasteiger partial charge >= 0.3 is 0 Å². The van der Waals surface area contributed by atoms with Gasteiger partial charge in [0.15, 0.2) is 0 Å². The van der Waals surface area contributed by atoms with Crippen LogP contribution < -0.4 is 10.2 Å². The van der Waals surface area contributed by atoms with Gasteiger partial charge in [0.2, 0.25) is 11.9 Å². The summed E-state index contributed by atoms with van der Waals surface area (Å²) in [6.07, 6.45) is 3.34. The first-order chi connectivity index (χ1) is 9.41. The lowest BCUT2D eigenvalue weighted by atomic mass is 9.85. The number of carbonyl (C=O) groups is 1. The van der Waals surface area contributed by atoms with E-state index in [4.69, 9.17) is 0 Å². The van der Waals surface area contributed by atoms with Crippen molar-refractivity contribution in [1.82, 2.24) is 15.3 Å². The van der Waals surface area contributed by atoms with Crippen molar-refractivity contribution in [2.45, 2.75) is 27.7 Å². The summed E-state index contributed by atoms with van der Waals surface area (Å²) in [7, 11) is 1.82. The number of aromatic nitrogens is 2. The van der Waals surface area contributed by atoms with Crippen LogP contribution >= 0.6 is 0 Å². The normalized spacial score (nSPS) is 11.2. The number of hydrogen-bond donors (Lipinski definition) is 1. The maximum atomic E-state index is 12.0. The highest BCUT2D eigenvalue weighted by Gasteiger charge is 2.18. The smallest absolute Gasteiger partial charge is 0.239 e. The second-order valence-corrected chi connectivity index (χ2v) is 5.86. The molecule has 0 saturated heterocycles. The number of anilines is 1. The third-order valence-electron chi connectivity index (χ3n) is 3.52. The Hall–Kier alpha value is -1.65. The minimum absolute atomic E-state index is 0.00579. The van der Waals surface area contributed by atoms with Gasteiger partial charge in [0, 0.05) is 26.0 Å². The minimum Gasteiger partial charge on any atom is -0.354 e. The summed E-state index contributed by atoms with van der Waals surface area (Å²) in [6, 6.07) is 1.76. The Morgan fingerprint density at radius 3 is 2.25 bits per heavy atom. The standard InChI is InChI=1S/C15H26N4O/c1-11(2)13(12(3)4)9-18-14(20)10-19(5)15-16-7-6-8-17-15/h6-8,11-13H,9-10H2,1-5H3,(H,18,20). The monoisotopic (exact) mass is 278 g/mol. The quantitative estimate of drug-likeness (QED) is 0.828. The van der Waals surface area contributed by atoms with E-state index in [1.165, 1.54) is 0 Å². The third kappa shape index (κ3) is 5.15. The predicted molar refractivity (Wildman–Crippen MR) is 81.5 cm³/mol. The van der Waals surface area contributed by atoms with Gasteiger partial charge in [-0.1, -0.05) is 27.7 Å². The first-order valence-corrected chi connectivity index (χ1v) is 7.16. The Morgan fingerprint density at radius 2 is 1.75 bits per heavy atom. The molecule has 0 saturated carbocycles. The number of nitrogens with one attached hydrogen (secondary N) is 1. The zero-order chi connectivity index (χ0) is 15.1. The predicted octanol–water partition coefficient (Wildman–Crippen LogP) is 1.96. The lowest BCUT2D eigenvalue weighted by molar-refractivity contribution is -0.120. The van der Waals surface area contributed by atoms with Gasteiger partial charge in [-0.3, -0.25) is 4.79 Å². The van der Waals surface area contributed by atoms with E-state index >= 15 is 0 Å². The number of rotatable bonds is 7. The number of amides is 1. The fourth-order valence-corrected chi connectivity index (χ4v) is 2.30. The molecule has 0 radical (unpaired) electrons. The zero-order valence-electron chi connectivity index (χ0n) is 13.1. The van der Waals surface area contributed by atoms with Gasteiger partial charge in [0.1, 0.15) is 0 Å². The van der Waals surface area contributed by atoms with Crippen LogP contribution in [0.2, 0.25) is 0 Å². The van der Waals surface area contributed by atoms with Crippen molar-refractivity contribution in [1.29, 1.82) is 0 Å². The molecule has 20 heavy (non-hydrogen) atoms. The molecule has 5 nitrogen and oxygen atoms in total. The fraction of sp³-hybridized carbons (Fsp3) is 0.667. The Morgan fingerprint density at radius 1 is 1.20 bits per heavy atom. The molecule has 0 aliphatic heterocycles. The summed E-state index contributed by atoms with van der Waals surface area (Å²) in [5, 5.41) is 3.01. The van der Waals surface area contributed by atoms with E-state index in [1.54, 1.807) is 23.4 Å². The topological polar surface area (TPSA) is 58.1 Å². The molecule has 112 valence electrons. The van der Waals surface area contributed by atoms with Crippen LogP contribution in [0.25, 0.3) is 0 Å². The summed E-state index contributed by atoms with van der Waals surface area (Å²) in [5.41, 5.74) is 0. The van der Waals surface area contributed by atoms with Crippen LogP contribution in [0.5, 0.6) is 0 Å². The largest absolute Gasteiger partial charge is 0.354 e. The second kappa shape index (κ2) is 7.82. The summed E-state index contributed by atoms with van der Waals surface area (Å²) in [4.78, 5) is 21.9. The van der Waals surface area contributed by atoms with E-state index < -0.39 is 0 Å². The van der Waals surface area contributed by atoms with E-state index in [0.717, 1.165) is 6.54 Å². The maximum absolute atomic E-state index is 12.0. The zero-order valence-corrected chi connectivity index (χ0v) is 13.1. The first kappa shape index (κ1) is 16.4. The SMILES string of the molecule is CC(C)C(CNC(=O)CN(C)c1ncccn1)C(C)C. The summed E-state index contributed by atoms with van der Waals surface area (Å²) in [5.74, 6) is 2.19. The number of nitrogens with zero attached hydrogens (tertiary/aromatic N) is 3. The van der Waals surface area contributed by atoms with Crippen molar-refractivity contribution in [3.05, 3.63) is 18.5 Å². The molecule has 0 aromatic carbocycles. The molecule has 0 aliphatic carbocycles. The maximum Gasteiger partial charge on any atom is 0.239 e. The molecular formula is C15H26N4O. The Kier molecular flexibility index (Phi) is 6.42.